The molecule has 3 amide bonds. The van der Waals surface area contributed by atoms with E-state index >= 15 is 0 Å². The average molecular weight is 340 g/mol. The van der Waals surface area contributed by atoms with Gasteiger partial charge in [-0.2, -0.15) is 0 Å². The molecule has 1 aromatic carbocycles. The molecule has 0 spiro atoms. The van der Waals surface area contributed by atoms with Crippen molar-refractivity contribution in [1.82, 2.24) is 10.2 Å². The van der Waals surface area contributed by atoms with Crippen molar-refractivity contribution in [2.45, 2.75) is 39.2 Å². The van der Waals surface area contributed by atoms with Gasteiger partial charge in [-0.3, -0.25) is 19.3 Å². The van der Waals surface area contributed by atoms with Crippen LogP contribution >= 0.6 is 0 Å². The molecule has 0 saturated carbocycles. The molecule has 5 nitrogen and oxygen atoms in total. The van der Waals surface area contributed by atoms with Crippen molar-refractivity contribution in [3.05, 3.63) is 47.5 Å². The Morgan fingerprint density at radius 1 is 1.08 bits per heavy atom. The van der Waals surface area contributed by atoms with Crippen LogP contribution in [0.5, 0.6) is 0 Å². The molecule has 1 aliphatic heterocycles. The van der Waals surface area contributed by atoms with E-state index in [4.69, 9.17) is 0 Å². The first-order chi connectivity index (χ1) is 12.1. The zero-order valence-corrected chi connectivity index (χ0v) is 14.5. The Morgan fingerprint density at radius 3 is 2.28 bits per heavy atom. The van der Waals surface area contributed by atoms with Crippen LogP contribution in [0.25, 0.3) is 0 Å². The second kappa shape index (κ2) is 7.64. The lowest BCUT2D eigenvalue weighted by atomic mass is 9.85. The summed E-state index contributed by atoms with van der Waals surface area (Å²) in [7, 11) is 0. The maximum absolute atomic E-state index is 12.3. The molecule has 25 heavy (non-hydrogen) atoms. The SMILES string of the molecule is Cc1ccc(CNC(=O)CCCN2C(=O)[C@@H]3CC=CC[C@H]3C2=O)cc1. The molecule has 132 valence electrons. The lowest BCUT2D eigenvalue weighted by molar-refractivity contribution is -0.140. The molecule has 1 heterocycles. The predicted octanol–water partition coefficient (Wildman–Crippen LogP) is 2.34. The number of rotatable bonds is 6. The summed E-state index contributed by atoms with van der Waals surface area (Å²) in [4.78, 5) is 38.0. The van der Waals surface area contributed by atoms with Crippen molar-refractivity contribution in [3.63, 3.8) is 0 Å². The average Bonchev–Trinajstić information content (AvgIpc) is 2.86. The van der Waals surface area contributed by atoms with Crippen LogP contribution in [-0.4, -0.2) is 29.2 Å². The molecule has 0 unspecified atom stereocenters. The highest BCUT2D eigenvalue weighted by atomic mass is 16.2. The van der Waals surface area contributed by atoms with E-state index in [1.165, 1.54) is 10.5 Å². The molecule has 0 bridgehead atoms. The largest absolute Gasteiger partial charge is 0.352 e. The van der Waals surface area contributed by atoms with Gasteiger partial charge >= 0.3 is 0 Å². The molecule has 2 aliphatic rings. The van der Waals surface area contributed by atoms with Crippen LogP contribution in [-0.2, 0) is 20.9 Å². The number of carbonyl (C=O) groups is 3. The number of imide groups is 1. The number of amides is 3. The minimum absolute atomic E-state index is 0.0567. The fraction of sp³-hybridized carbons (Fsp3) is 0.450. The van der Waals surface area contributed by atoms with Gasteiger partial charge in [0, 0.05) is 19.5 Å². The summed E-state index contributed by atoms with van der Waals surface area (Å²) < 4.78 is 0. The first kappa shape index (κ1) is 17.4. The lowest BCUT2D eigenvalue weighted by Crippen LogP contribution is -2.33. The molecule has 1 fully saturated rings. The molecule has 1 N–H and O–H groups in total. The van der Waals surface area contributed by atoms with E-state index in [0.29, 0.717) is 38.8 Å². The topological polar surface area (TPSA) is 66.5 Å². The number of nitrogens with zero attached hydrogens (tertiary/aromatic N) is 1. The maximum atomic E-state index is 12.3. The van der Waals surface area contributed by atoms with Gasteiger partial charge < -0.3 is 5.32 Å². The third kappa shape index (κ3) is 3.98. The van der Waals surface area contributed by atoms with E-state index in [-0.39, 0.29) is 29.6 Å². The molecular weight excluding hydrogens is 316 g/mol. The summed E-state index contributed by atoms with van der Waals surface area (Å²) in [5.41, 5.74) is 2.24. The van der Waals surface area contributed by atoms with Gasteiger partial charge in [0.25, 0.3) is 0 Å². The van der Waals surface area contributed by atoms with Crippen molar-refractivity contribution in [2.75, 3.05) is 6.54 Å². The van der Waals surface area contributed by atoms with Crippen LogP contribution in [0, 0.1) is 18.8 Å². The van der Waals surface area contributed by atoms with E-state index in [2.05, 4.69) is 5.32 Å². The van der Waals surface area contributed by atoms with E-state index in [9.17, 15) is 14.4 Å². The normalized spacial score (nSPS) is 22.2. The van der Waals surface area contributed by atoms with Crippen molar-refractivity contribution in [2.24, 2.45) is 11.8 Å². The standard InChI is InChI=1S/C20H24N2O3/c1-14-8-10-15(11-9-14)13-21-18(23)7-4-12-22-19(24)16-5-2-3-6-17(16)20(22)25/h2-3,8-11,16-17H,4-7,12-13H2,1H3,(H,21,23)/t16-,17-/m1/s1. The number of aryl methyl sites for hydroxylation is 1. The third-order valence-electron chi connectivity index (χ3n) is 4.99. The Morgan fingerprint density at radius 2 is 1.68 bits per heavy atom. The van der Waals surface area contributed by atoms with E-state index in [1.807, 2.05) is 43.3 Å². The Hall–Kier alpha value is -2.43. The minimum atomic E-state index is -0.187. The second-order valence-corrected chi connectivity index (χ2v) is 6.85. The maximum Gasteiger partial charge on any atom is 0.233 e. The van der Waals surface area contributed by atoms with Gasteiger partial charge in [0.15, 0.2) is 0 Å². The van der Waals surface area contributed by atoms with Gasteiger partial charge in [0.05, 0.1) is 11.8 Å². The molecule has 1 saturated heterocycles. The van der Waals surface area contributed by atoms with Gasteiger partial charge in [-0.25, -0.2) is 0 Å². The van der Waals surface area contributed by atoms with E-state index in [1.54, 1.807) is 0 Å². The van der Waals surface area contributed by atoms with Crippen LogP contribution in [0.2, 0.25) is 0 Å². The fourth-order valence-electron chi connectivity index (χ4n) is 3.48. The van der Waals surface area contributed by atoms with Gasteiger partial charge in [-0.1, -0.05) is 42.0 Å². The lowest BCUT2D eigenvalue weighted by Gasteiger charge is -2.14. The summed E-state index contributed by atoms with van der Waals surface area (Å²) in [6, 6.07) is 8.01. The molecule has 1 aromatic rings. The van der Waals surface area contributed by atoms with Crippen molar-refractivity contribution < 1.29 is 14.4 Å². The number of hydrogen-bond acceptors (Lipinski definition) is 3. The first-order valence-corrected chi connectivity index (χ1v) is 8.88. The van der Waals surface area contributed by atoms with Crippen LogP contribution in [0.1, 0.15) is 36.8 Å². The Kier molecular flexibility index (Phi) is 5.31. The van der Waals surface area contributed by atoms with Gasteiger partial charge in [-0.05, 0) is 31.7 Å². The molecule has 5 heteroatoms. The molecule has 0 radical (unpaired) electrons. The van der Waals surface area contributed by atoms with Gasteiger partial charge in [-0.15, -0.1) is 0 Å². The summed E-state index contributed by atoms with van der Waals surface area (Å²) in [6.07, 6.45) is 6.09. The van der Waals surface area contributed by atoms with Crippen LogP contribution in [0.15, 0.2) is 36.4 Å². The third-order valence-corrected chi connectivity index (χ3v) is 4.99. The highest BCUT2D eigenvalue weighted by Crippen LogP contribution is 2.35. The molecule has 2 atom stereocenters. The monoisotopic (exact) mass is 340 g/mol. The Labute approximate surface area is 148 Å². The molecule has 0 aromatic heterocycles. The molecule has 1 aliphatic carbocycles. The first-order valence-electron chi connectivity index (χ1n) is 8.88. The number of hydrogen-bond donors (Lipinski definition) is 1. The number of allylic oxidation sites excluding steroid dienone is 2. The van der Waals surface area contributed by atoms with E-state index in [0.717, 1.165) is 5.56 Å². The highest BCUT2D eigenvalue weighted by molar-refractivity contribution is 6.05. The smallest absolute Gasteiger partial charge is 0.233 e. The van der Waals surface area contributed by atoms with Crippen LogP contribution in [0.3, 0.4) is 0 Å². The van der Waals surface area contributed by atoms with Crippen LogP contribution in [0.4, 0.5) is 0 Å². The van der Waals surface area contributed by atoms with Gasteiger partial charge in [0.2, 0.25) is 17.7 Å². The molecule has 3 rings (SSSR count). The summed E-state index contributed by atoms with van der Waals surface area (Å²) in [5, 5.41) is 2.88. The second-order valence-electron chi connectivity index (χ2n) is 6.85. The predicted molar refractivity (Wildman–Crippen MR) is 94.3 cm³/mol. The van der Waals surface area contributed by atoms with Crippen molar-refractivity contribution in [3.8, 4) is 0 Å². The number of likely N-dealkylation sites (tertiary alicyclic amines) is 1. The molecular formula is C20H24N2O3. The number of benzene rings is 1. The quantitative estimate of drug-likeness (QED) is 0.638. The zero-order valence-electron chi connectivity index (χ0n) is 14.5. The number of fused-ring (bicyclic) bond motifs is 1. The summed E-state index contributed by atoms with van der Waals surface area (Å²) >= 11 is 0. The Balaban J connectivity index is 1.42. The van der Waals surface area contributed by atoms with Crippen molar-refractivity contribution in [1.29, 1.82) is 0 Å². The van der Waals surface area contributed by atoms with Crippen molar-refractivity contribution >= 4 is 17.7 Å². The van der Waals surface area contributed by atoms with Crippen LogP contribution < -0.4 is 5.32 Å². The fourth-order valence-corrected chi connectivity index (χ4v) is 3.48. The zero-order chi connectivity index (χ0) is 17.8. The summed E-state index contributed by atoms with van der Waals surface area (Å²) in [5.74, 6) is -0.571. The summed E-state index contributed by atoms with van der Waals surface area (Å²) in [6.45, 7) is 2.86. The van der Waals surface area contributed by atoms with E-state index < -0.39 is 0 Å². The highest BCUT2D eigenvalue weighted by Gasteiger charge is 2.46. The van der Waals surface area contributed by atoms with Gasteiger partial charge in [0.1, 0.15) is 0 Å². The number of nitrogens with one attached hydrogen (secondary N) is 1. The Bertz CT molecular complexity index is 667. The number of carbonyl (C=O) groups excluding carboxylic acids is 3. The minimum Gasteiger partial charge on any atom is -0.352 e.